The fraction of sp³-hybridized carbons (Fsp3) is 0.167. The van der Waals surface area contributed by atoms with E-state index in [4.69, 9.17) is 5.11 Å². The molecule has 0 saturated carbocycles. The van der Waals surface area contributed by atoms with Crippen LogP contribution in [0.15, 0.2) is 36.7 Å². The van der Waals surface area contributed by atoms with Gasteiger partial charge >= 0.3 is 5.97 Å². The average Bonchev–Trinajstić information content (AvgIpc) is 2.78. The molecule has 0 amide bonds. The topological polar surface area (TPSA) is 55.1 Å². The van der Waals surface area contributed by atoms with Crippen LogP contribution in [0.5, 0.6) is 0 Å². The van der Waals surface area contributed by atoms with E-state index >= 15 is 0 Å². The molecular weight excluding hydrogens is 331 g/mol. The van der Waals surface area contributed by atoms with Crippen LogP contribution in [0.1, 0.15) is 13.0 Å². The van der Waals surface area contributed by atoms with Crippen molar-refractivity contribution in [3.8, 4) is 11.1 Å². The lowest BCUT2D eigenvalue weighted by molar-refractivity contribution is -0.140. The van der Waals surface area contributed by atoms with Crippen molar-refractivity contribution in [2.24, 2.45) is 0 Å². The zero-order valence-electron chi connectivity index (χ0n) is 9.17. The molecule has 0 bridgehead atoms. The first-order chi connectivity index (χ1) is 8.08. The van der Waals surface area contributed by atoms with Gasteiger partial charge in [-0.25, -0.2) is 4.79 Å². The smallest absolute Gasteiger partial charge is 0.328 e. The number of hydrogen-bond acceptors (Lipinski definition) is 2. The van der Waals surface area contributed by atoms with Crippen molar-refractivity contribution in [3.05, 3.63) is 40.2 Å². The van der Waals surface area contributed by atoms with Crippen molar-refractivity contribution < 1.29 is 9.90 Å². The first-order valence-corrected chi connectivity index (χ1v) is 6.18. The Kier molecular flexibility index (Phi) is 3.46. The standard InChI is InChI=1S/C12H11IN2O2/c1-8(12(16)17)15-7-10(6-14-15)9-2-4-11(13)5-3-9/h2-8H,1H3,(H,16,17)/t8-/m0/s1. The van der Waals surface area contributed by atoms with Crippen molar-refractivity contribution in [1.82, 2.24) is 9.78 Å². The van der Waals surface area contributed by atoms with Crippen LogP contribution in [0, 0.1) is 3.57 Å². The SMILES string of the molecule is C[C@@H](C(=O)O)n1cc(-c2ccc(I)cc2)cn1. The molecule has 1 aromatic carbocycles. The summed E-state index contributed by atoms with van der Waals surface area (Å²) in [7, 11) is 0. The van der Waals surface area contributed by atoms with E-state index in [1.54, 1.807) is 19.3 Å². The minimum absolute atomic E-state index is 0.646. The lowest BCUT2D eigenvalue weighted by Crippen LogP contribution is -2.15. The monoisotopic (exact) mass is 342 g/mol. The quantitative estimate of drug-likeness (QED) is 0.873. The molecule has 0 saturated heterocycles. The van der Waals surface area contributed by atoms with Gasteiger partial charge in [-0.2, -0.15) is 5.10 Å². The molecule has 2 rings (SSSR count). The second kappa shape index (κ2) is 4.87. The lowest BCUT2D eigenvalue weighted by atomic mass is 10.1. The zero-order chi connectivity index (χ0) is 12.4. The summed E-state index contributed by atoms with van der Waals surface area (Å²) >= 11 is 2.24. The van der Waals surface area contributed by atoms with Gasteiger partial charge < -0.3 is 5.11 Å². The molecule has 17 heavy (non-hydrogen) atoms. The van der Waals surface area contributed by atoms with Gasteiger partial charge in [-0.05, 0) is 47.2 Å². The summed E-state index contributed by atoms with van der Waals surface area (Å²) in [5.41, 5.74) is 1.96. The van der Waals surface area contributed by atoms with Crippen molar-refractivity contribution in [2.45, 2.75) is 13.0 Å². The van der Waals surface area contributed by atoms with Gasteiger partial charge in [0.25, 0.3) is 0 Å². The van der Waals surface area contributed by atoms with Gasteiger partial charge in [0.15, 0.2) is 0 Å². The second-order valence-electron chi connectivity index (χ2n) is 3.73. The van der Waals surface area contributed by atoms with Gasteiger partial charge in [-0.3, -0.25) is 4.68 Å². The summed E-state index contributed by atoms with van der Waals surface area (Å²) in [4.78, 5) is 10.8. The van der Waals surface area contributed by atoms with Crippen LogP contribution in [-0.2, 0) is 4.79 Å². The third kappa shape index (κ3) is 2.66. The first-order valence-electron chi connectivity index (χ1n) is 5.11. The lowest BCUT2D eigenvalue weighted by Gasteiger charge is -2.05. The highest BCUT2D eigenvalue weighted by molar-refractivity contribution is 14.1. The van der Waals surface area contributed by atoms with Crippen LogP contribution in [0.25, 0.3) is 11.1 Å². The maximum Gasteiger partial charge on any atom is 0.328 e. The first kappa shape index (κ1) is 12.1. The highest BCUT2D eigenvalue weighted by atomic mass is 127. The summed E-state index contributed by atoms with van der Waals surface area (Å²) < 4.78 is 2.62. The number of aliphatic carboxylic acids is 1. The van der Waals surface area contributed by atoms with Gasteiger partial charge in [0.05, 0.1) is 6.20 Å². The molecule has 0 unspecified atom stereocenters. The Hall–Kier alpha value is -1.37. The van der Waals surface area contributed by atoms with Crippen LogP contribution in [0.2, 0.25) is 0 Å². The fourth-order valence-corrected chi connectivity index (χ4v) is 1.81. The van der Waals surface area contributed by atoms with E-state index in [9.17, 15) is 4.79 Å². The highest BCUT2D eigenvalue weighted by Gasteiger charge is 2.14. The number of rotatable bonds is 3. The molecule has 1 aromatic heterocycles. The molecule has 1 heterocycles. The molecule has 1 N–H and O–H groups in total. The number of halogens is 1. The Bertz CT molecular complexity index is 534. The second-order valence-corrected chi connectivity index (χ2v) is 4.98. The third-order valence-electron chi connectivity index (χ3n) is 2.53. The Balaban J connectivity index is 2.29. The van der Waals surface area contributed by atoms with Gasteiger partial charge in [-0.1, -0.05) is 12.1 Å². The molecule has 0 aliphatic rings. The highest BCUT2D eigenvalue weighted by Crippen LogP contribution is 2.21. The minimum atomic E-state index is -0.887. The predicted molar refractivity (Wildman–Crippen MR) is 72.7 cm³/mol. The molecule has 4 nitrogen and oxygen atoms in total. The van der Waals surface area contributed by atoms with Gasteiger partial charge in [0.2, 0.25) is 0 Å². The molecule has 5 heteroatoms. The molecule has 0 spiro atoms. The fourth-order valence-electron chi connectivity index (χ4n) is 1.45. The van der Waals surface area contributed by atoms with Gasteiger partial charge in [0.1, 0.15) is 6.04 Å². The maximum atomic E-state index is 10.8. The molecule has 1 atom stereocenters. The van der Waals surface area contributed by atoms with Crippen molar-refractivity contribution >= 4 is 28.6 Å². The number of benzene rings is 1. The number of carboxylic acid groups (broad SMARTS) is 1. The average molecular weight is 342 g/mol. The molecule has 0 fully saturated rings. The van der Waals surface area contributed by atoms with E-state index in [1.165, 1.54) is 4.68 Å². The summed E-state index contributed by atoms with van der Waals surface area (Å²) in [6.45, 7) is 1.60. The van der Waals surface area contributed by atoms with E-state index < -0.39 is 12.0 Å². The Morgan fingerprint density at radius 1 is 1.35 bits per heavy atom. The van der Waals surface area contributed by atoms with Crippen LogP contribution >= 0.6 is 22.6 Å². The summed E-state index contributed by atoms with van der Waals surface area (Å²) in [5, 5.41) is 13.0. The van der Waals surface area contributed by atoms with Crippen LogP contribution in [0.3, 0.4) is 0 Å². The largest absolute Gasteiger partial charge is 0.480 e. The Labute approximate surface area is 112 Å². The molecule has 0 aliphatic carbocycles. The predicted octanol–water partition coefficient (Wildman–Crippen LogP) is 2.80. The normalized spacial score (nSPS) is 12.4. The van der Waals surface area contributed by atoms with E-state index in [-0.39, 0.29) is 0 Å². The number of nitrogens with zero attached hydrogens (tertiary/aromatic N) is 2. The van der Waals surface area contributed by atoms with Gasteiger partial charge in [0, 0.05) is 15.3 Å². The van der Waals surface area contributed by atoms with Crippen LogP contribution in [-0.4, -0.2) is 20.9 Å². The summed E-state index contributed by atoms with van der Waals surface area (Å²) in [5.74, 6) is -0.887. The molecule has 0 radical (unpaired) electrons. The number of hydrogen-bond donors (Lipinski definition) is 1. The molecule has 88 valence electrons. The van der Waals surface area contributed by atoms with Crippen molar-refractivity contribution in [1.29, 1.82) is 0 Å². The number of carboxylic acids is 1. The Morgan fingerprint density at radius 2 is 2.00 bits per heavy atom. The molecular formula is C12H11IN2O2. The minimum Gasteiger partial charge on any atom is -0.480 e. The van der Waals surface area contributed by atoms with Crippen molar-refractivity contribution in [3.63, 3.8) is 0 Å². The van der Waals surface area contributed by atoms with E-state index in [0.717, 1.165) is 14.7 Å². The molecule has 0 aliphatic heterocycles. The molecule has 2 aromatic rings. The van der Waals surface area contributed by atoms with E-state index in [2.05, 4.69) is 27.7 Å². The van der Waals surface area contributed by atoms with Crippen LogP contribution in [0.4, 0.5) is 0 Å². The van der Waals surface area contributed by atoms with E-state index in [1.807, 2.05) is 24.3 Å². The summed E-state index contributed by atoms with van der Waals surface area (Å²) in [6.07, 6.45) is 3.43. The van der Waals surface area contributed by atoms with Crippen LogP contribution < -0.4 is 0 Å². The maximum absolute atomic E-state index is 10.8. The number of aromatic nitrogens is 2. The summed E-state index contributed by atoms with van der Waals surface area (Å²) in [6, 6.07) is 7.36. The number of carbonyl (C=O) groups is 1. The zero-order valence-corrected chi connectivity index (χ0v) is 11.3. The van der Waals surface area contributed by atoms with Gasteiger partial charge in [-0.15, -0.1) is 0 Å². The third-order valence-corrected chi connectivity index (χ3v) is 3.25. The van der Waals surface area contributed by atoms with E-state index in [0.29, 0.717) is 0 Å². The Morgan fingerprint density at radius 3 is 2.59 bits per heavy atom. The van der Waals surface area contributed by atoms with Crippen molar-refractivity contribution in [2.75, 3.05) is 0 Å².